The topological polar surface area (TPSA) is 42.4 Å². The third-order valence-corrected chi connectivity index (χ3v) is 4.48. The van der Waals surface area contributed by atoms with Crippen LogP contribution in [0.25, 0.3) is 0 Å². The summed E-state index contributed by atoms with van der Waals surface area (Å²) < 4.78 is 5.36. The van der Waals surface area contributed by atoms with E-state index < -0.39 is 0 Å². The number of thiophene rings is 1. The van der Waals surface area contributed by atoms with Crippen LogP contribution in [-0.4, -0.2) is 18.0 Å². The van der Waals surface area contributed by atoms with Gasteiger partial charge in [-0.05, 0) is 46.0 Å². The number of hydrogen-bond acceptors (Lipinski definition) is 4. The Morgan fingerprint density at radius 2 is 2.05 bits per heavy atom. The summed E-state index contributed by atoms with van der Waals surface area (Å²) in [6, 6.07) is 6.71. The number of rotatable bonds is 5. The van der Waals surface area contributed by atoms with Gasteiger partial charge in [-0.15, -0.1) is 11.3 Å². The van der Waals surface area contributed by atoms with Crippen molar-refractivity contribution in [2.45, 2.75) is 39.4 Å². The van der Waals surface area contributed by atoms with Crippen molar-refractivity contribution in [3.05, 3.63) is 45.5 Å². The number of aryl methyl sites for hydroxylation is 2. The zero-order valence-electron chi connectivity index (χ0n) is 12.0. The highest BCUT2D eigenvalue weighted by Crippen LogP contribution is 2.30. The zero-order valence-corrected chi connectivity index (χ0v) is 12.8. The molecule has 0 saturated carbocycles. The number of nitrogens with zero attached hydrogens (tertiary/aromatic N) is 1. The third kappa shape index (κ3) is 3.26. The molecule has 2 aromatic heterocycles. The molecule has 2 N–H and O–H groups in total. The van der Waals surface area contributed by atoms with Crippen LogP contribution in [-0.2, 0) is 6.54 Å². The van der Waals surface area contributed by atoms with Gasteiger partial charge in [-0.25, -0.2) is 0 Å². The second kappa shape index (κ2) is 5.90. The molecule has 0 aliphatic carbocycles. The van der Waals surface area contributed by atoms with E-state index in [1.807, 2.05) is 24.3 Å². The first kappa shape index (κ1) is 14.3. The highest BCUT2D eigenvalue weighted by molar-refractivity contribution is 7.12. The van der Waals surface area contributed by atoms with E-state index in [9.17, 15) is 0 Å². The highest BCUT2D eigenvalue weighted by Gasteiger charge is 2.23. The van der Waals surface area contributed by atoms with Gasteiger partial charge in [0.1, 0.15) is 5.76 Å². The summed E-state index contributed by atoms with van der Waals surface area (Å²) in [4.78, 5) is 4.96. The van der Waals surface area contributed by atoms with Gasteiger partial charge in [-0.3, -0.25) is 4.90 Å². The molecule has 2 atom stereocenters. The molecule has 2 rings (SSSR count). The van der Waals surface area contributed by atoms with Gasteiger partial charge in [0.15, 0.2) is 0 Å². The molecule has 0 saturated heterocycles. The van der Waals surface area contributed by atoms with Gasteiger partial charge in [0.05, 0.1) is 12.3 Å². The van der Waals surface area contributed by atoms with Crippen LogP contribution in [0.4, 0.5) is 0 Å². The van der Waals surface area contributed by atoms with Gasteiger partial charge in [-0.1, -0.05) is 0 Å². The van der Waals surface area contributed by atoms with Crippen molar-refractivity contribution >= 4 is 11.3 Å². The molecule has 3 nitrogen and oxygen atoms in total. The Bertz CT molecular complexity index is 530. The minimum atomic E-state index is 0.0928. The number of hydrogen-bond donors (Lipinski definition) is 1. The molecular weight excluding hydrogens is 256 g/mol. The SMILES string of the molecule is Cc1ccc(C(C(C)N)N(C)Cc2ccoc2C)s1. The zero-order chi connectivity index (χ0) is 14.0. The fourth-order valence-electron chi connectivity index (χ4n) is 2.43. The van der Waals surface area contributed by atoms with Crippen LogP contribution in [0.1, 0.15) is 34.0 Å². The van der Waals surface area contributed by atoms with Crippen molar-refractivity contribution < 1.29 is 4.42 Å². The highest BCUT2D eigenvalue weighted by atomic mass is 32.1. The van der Waals surface area contributed by atoms with Crippen LogP contribution in [0.5, 0.6) is 0 Å². The van der Waals surface area contributed by atoms with Gasteiger partial charge in [0, 0.05) is 27.9 Å². The van der Waals surface area contributed by atoms with E-state index in [4.69, 9.17) is 10.2 Å². The Hall–Kier alpha value is -1.10. The lowest BCUT2D eigenvalue weighted by Gasteiger charge is -2.30. The van der Waals surface area contributed by atoms with Gasteiger partial charge in [0.2, 0.25) is 0 Å². The first-order valence-electron chi connectivity index (χ1n) is 6.54. The average molecular weight is 278 g/mol. The summed E-state index contributed by atoms with van der Waals surface area (Å²) in [7, 11) is 2.12. The fraction of sp³-hybridized carbons (Fsp3) is 0.467. The Kier molecular flexibility index (Phi) is 4.45. The fourth-order valence-corrected chi connectivity index (χ4v) is 3.59. The predicted molar refractivity (Wildman–Crippen MR) is 80.4 cm³/mol. The maximum atomic E-state index is 6.19. The Balaban J connectivity index is 2.18. The maximum Gasteiger partial charge on any atom is 0.105 e. The summed E-state index contributed by atoms with van der Waals surface area (Å²) in [5.74, 6) is 0.984. The van der Waals surface area contributed by atoms with Gasteiger partial charge < -0.3 is 10.2 Å². The van der Waals surface area contributed by atoms with Crippen molar-refractivity contribution in [3.63, 3.8) is 0 Å². The first-order valence-corrected chi connectivity index (χ1v) is 7.36. The Morgan fingerprint density at radius 3 is 2.53 bits per heavy atom. The van der Waals surface area contributed by atoms with Gasteiger partial charge in [-0.2, -0.15) is 0 Å². The molecule has 0 aliphatic rings. The molecule has 0 aromatic carbocycles. The molecular formula is C15H22N2OS. The van der Waals surface area contributed by atoms with Crippen molar-refractivity contribution in [2.24, 2.45) is 5.73 Å². The quantitative estimate of drug-likeness (QED) is 0.910. The van der Waals surface area contributed by atoms with Gasteiger partial charge >= 0.3 is 0 Å². The van der Waals surface area contributed by atoms with Crippen LogP contribution < -0.4 is 5.73 Å². The van der Waals surface area contributed by atoms with Crippen LogP contribution in [0.15, 0.2) is 28.9 Å². The van der Waals surface area contributed by atoms with E-state index in [0.29, 0.717) is 0 Å². The second-order valence-corrected chi connectivity index (χ2v) is 6.49. The largest absolute Gasteiger partial charge is 0.469 e. The predicted octanol–water partition coefficient (Wildman–Crippen LogP) is 3.48. The number of nitrogens with two attached hydrogens (primary N) is 1. The second-order valence-electron chi connectivity index (χ2n) is 5.17. The molecule has 0 aliphatic heterocycles. The molecule has 2 unspecified atom stereocenters. The van der Waals surface area contributed by atoms with Crippen molar-refractivity contribution in [3.8, 4) is 0 Å². The molecule has 2 aromatic rings. The molecule has 19 heavy (non-hydrogen) atoms. The Labute approximate surface area is 119 Å². The van der Waals surface area contributed by atoms with Crippen molar-refractivity contribution in [1.29, 1.82) is 0 Å². The summed E-state index contributed by atoms with van der Waals surface area (Å²) in [6.07, 6.45) is 1.74. The van der Waals surface area contributed by atoms with E-state index >= 15 is 0 Å². The smallest absolute Gasteiger partial charge is 0.105 e. The molecule has 104 valence electrons. The molecule has 0 spiro atoms. The van der Waals surface area contributed by atoms with Crippen molar-refractivity contribution in [2.75, 3.05) is 7.05 Å². The summed E-state index contributed by atoms with van der Waals surface area (Å²) in [5, 5.41) is 0. The average Bonchev–Trinajstić information content (AvgIpc) is 2.89. The lowest BCUT2D eigenvalue weighted by molar-refractivity contribution is 0.213. The molecule has 0 bridgehead atoms. The normalized spacial score (nSPS) is 14.8. The number of furan rings is 1. The molecule has 4 heteroatoms. The van der Waals surface area contributed by atoms with E-state index in [1.54, 1.807) is 6.26 Å². The molecule has 2 heterocycles. The summed E-state index contributed by atoms with van der Waals surface area (Å²) in [5.41, 5.74) is 7.41. The molecule has 0 radical (unpaired) electrons. The van der Waals surface area contributed by atoms with Crippen LogP contribution in [0, 0.1) is 13.8 Å². The van der Waals surface area contributed by atoms with Crippen molar-refractivity contribution in [1.82, 2.24) is 4.90 Å². The van der Waals surface area contributed by atoms with E-state index in [0.717, 1.165) is 12.3 Å². The standard InChI is InChI=1S/C15H22N2OS/c1-10-5-6-14(19-10)15(11(2)16)17(4)9-13-7-8-18-12(13)3/h5-8,11,15H,9,16H2,1-4H3. The lowest BCUT2D eigenvalue weighted by atomic mass is 10.1. The third-order valence-electron chi connectivity index (χ3n) is 3.41. The lowest BCUT2D eigenvalue weighted by Crippen LogP contribution is -2.36. The summed E-state index contributed by atoms with van der Waals surface area (Å²) in [6.45, 7) is 7.05. The van der Waals surface area contributed by atoms with Crippen LogP contribution in [0.3, 0.4) is 0 Å². The van der Waals surface area contributed by atoms with Gasteiger partial charge in [0.25, 0.3) is 0 Å². The monoisotopic (exact) mass is 278 g/mol. The first-order chi connectivity index (χ1) is 8.99. The minimum absolute atomic E-state index is 0.0928. The minimum Gasteiger partial charge on any atom is -0.469 e. The maximum absolute atomic E-state index is 6.19. The molecule has 0 amide bonds. The van der Waals surface area contributed by atoms with Crippen LogP contribution in [0.2, 0.25) is 0 Å². The molecule has 0 fully saturated rings. The number of likely N-dealkylation sites (N-methyl/N-ethyl adjacent to an activating group) is 1. The van der Waals surface area contributed by atoms with Crippen LogP contribution >= 0.6 is 11.3 Å². The van der Waals surface area contributed by atoms with E-state index in [1.165, 1.54) is 15.3 Å². The summed E-state index contributed by atoms with van der Waals surface area (Å²) >= 11 is 1.82. The van der Waals surface area contributed by atoms with E-state index in [-0.39, 0.29) is 12.1 Å². The van der Waals surface area contributed by atoms with E-state index in [2.05, 4.69) is 37.9 Å². The Morgan fingerprint density at radius 1 is 1.32 bits per heavy atom.